The molecule has 0 aromatic rings. The number of rotatable bonds is 3. The Morgan fingerprint density at radius 2 is 2.31 bits per heavy atom. The molecule has 76 valence electrons. The lowest BCUT2D eigenvalue weighted by Gasteiger charge is -2.25. The Balaban J connectivity index is 2.54. The third-order valence-corrected chi connectivity index (χ3v) is 3.49. The molecule has 0 N–H and O–H groups in total. The molecular weight excluding hydrogens is 230 g/mol. The highest BCUT2D eigenvalue weighted by Gasteiger charge is 2.32. The number of carbonyl (C=O) groups is 1. The zero-order valence-electron chi connectivity index (χ0n) is 8.42. The van der Waals surface area contributed by atoms with Gasteiger partial charge in [-0.25, -0.2) is 0 Å². The van der Waals surface area contributed by atoms with Crippen molar-refractivity contribution in [3.05, 3.63) is 0 Å². The van der Waals surface area contributed by atoms with Crippen LogP contribution in [0.15, 0.2) is 0 Å². The number of hydrogen-bond donors (Lipinski definition) is 0. The van der Waals surface area contributed by atoms with Crippen molar-refractivity contribution in [3.8, 4) is 0 Å². The van der Waals surface area contributed by atoms with Gasteiger partial charge in [0.2, 0.25) is 5.91 Å². The molecule has 1 aliphatic heterocycles. The Hall–Kier alpha value is -0.0500. The maximum atomic E-state index is 11.7. The van der Waals surface area contributed by atoms with Crippen LogP contribution in [0.2, 0.25) is 0 Å². The van der Waals surface area contributed by atoms with Crippen LogP contribution in [0, 0.1) is 5.92 Å². The molecule has 2 atom stereocenters. The first-order valence-electron chi connectivity index (χ1n) is 5.06. The van der Waals surface area contributed by atoms with Crippen molar-refractivity contribution >= 4 is 21.8 Å². The monoisotopic (exact) mass is 247 g/mol. The van der Waals surface area contributed by atoms with Crippen LogP contribution < -0.4 is 0 Å². The summed E-state index contributed by atoms with van der Waals surface area (Å²) in [5.74, 6) is 0.983. The van der Waals surface area contributed by atoms with Gasteiger partial charge in [-0.3, -0.25) is 4.79 Å². The molecule has 0 aliphatic carbocycles. The topological polar surface area (TPSA) is 20.3 Å². The van der Waals surface area contributed by atoms with Gasteiger partial charge in [-0.15, -0.1) is 0 Å². The van der Waals surface area contributed by atoms with Gasteiger partial charge < -0.3 is 4.90 Å². The van der Waals surface area contributed by atoms with E-state index in [1.54, 1.807) is 0 Å². The summed E-state index contributed by atoms with van der Waals surface area (Å²) in [6, 6.07) is 0.430. The van der Waals surface area contributed by atoms with Crippen molar-refractivity contribution < 1.29 is 4.79 Å². The van der Waals surface area contributed by atoms with Crippen LogP contribution in [-0.4, -0.2) is 28.7 Å². The number of amides is 1. The average molecular weight is 248 g/mol. The Bertz CT molecular complexity index is 184. The summed E-state index contributed by atoms with van der Waals surface area (Å²) in [7, 11) is 0. The largest absolute Gasteiger partial charge is 0.339 e. The van der Waals surface area contributed by atoms with Gasteiger partial charge in [0, 0.05) is 24.3 Å². The summed E-state index contributed by atoms with van der Waals surface area (Å²) in [5, 5.41) is 0.920. The molecule has 1 aliphatic rings. The van der Waals surface area contributed by atoms with Gasteiger partial charge >= 0.3 is 0 Å². The second-order valence-electron chi connectivity index (χ2n) is 3.82. The van der Waals surface area contributed by atoms with Crippen molar-refractivity contribution in [2.75, 3.05) is 11.9 Å². The second kappa shape index (κ2) is 4.99. The molecule has 0 aromatic carbocycles. The minimum absolute atomic E-state index is 0.330. The molecule has 1 amide bonds. The first-order valence-corrected chi connectivity index (χ1v) is 6.18. The molecule has 0 aromatic heterocycles. The highest BCUT2D eigenvalue weighted by molar-refractivity contribution is 9.09. The Labute approximate surface area is 88.8 Å². The average Bonchev–Trinajstić information content (AvgIpc) is 2.47. The Morgan fingerprint density at radius 1 is 1.62 bits per heavy atom. The first-order chi connectivity index (χ1) is 6.20. The lowest BCUT2D eigenvalue weighted by Crippen LogP contribution is -2.38. The van der Waals surface area contributed by atoms with E-state index in [0.29, 0.717) is 24.3 Å². The number of hydrogen-bond acceptors (Lipinski definition) is 1. The minimum Gasteiger partial charge on any atom is -0.339 e. The number of alkyl halides is 1. The van der Waals surface area contributed by atoms with Crippen LogP contribution in [0.1, 0.15) is 33.1 Å². The molecule has 2 nitrogen and oxygen atoms in total. The van der Waals surface area contributed by atoms with Crippen molar-refractivity contribution in [2.24, 2.45) is 5.92 Å². The van der Waals surface area contributed by atoms with E-state index in [2.05, 4.69) is 29.8 Å². The molecule has 0 radical (unpaired) electrons. The molecule has 0 spiro atoms. The van der Waals surface area contributed by atoms with Gasteiger partial charge in [0.25, 0.3) is 0 Å². The van der Waals surface area contributed by atoms with Crippen molar-refractivity contribution in [1.29, 1.82) is 0 Å². The molecule has 0 saturated carbocycles. The van der Waals surface area contributed by atoms with Gasteiger partial charge in [0.1, 0.15) is 0 Å². The first kappa shape index (κ1) is 11.0. The summed E-state index contributed by atoms with van der Waals surface area (Å²) < 4.78 is 0. The molecule has 2 unspecified atom stereocenters. The fourth-order valence-electron chi connectivity index (χ4n) is 1.91. The summed E-state index contributed by atoms with van der Waals surface area (Å²) in [4.78, 5) is 13.7. The number of halogens is 1. The molecular formula is C10H18BrNO. The van der Waals surface area contributed by atoms with Gasteiger partial charge in [-0.2, -0.15) is 0 Å². The normalized spacial score (nSPS) is 28.1. The minimum atomic E-state index is 0.330. The standard InChI is InChI=1S/C10H18BrNO/c1-3-4-10(13)12-6-5-8(2)9(12)7-11/h8-9H,3-7H2,1-2H3. The van der Waals surface area contributed by atoms with Crippen LogP contribution in [0.3, 0.4) is 0 Å². The molecule has 1 fully saturated rings. The van der Waals surface area contributed by atoms with Crippen molar-refractivity contribution in [3.63, 3.8) is 0 Å². The molecule has 1 saturated heterocycles. The van der Waals surface area contributed by atoms with E-state index in [1.807, 2.05) is 4.90 Å². The number of carbonyl (C=O) groups excluding carboxylic acids is 1. The second-order valence-corrected chi connectivity index (χ2v) is 4.47. The maximum absolute atomic E-state index is 11.7. The van der Waals surface area contributed by atoms with Gasteiger partial charge in [-0.1, -0.05) is 29.8 Å². The van der Waals surface area contributed by atoms with E-state index >= 15 is 0 Å². The van der Waals surface area contributed by atoms with Crippen LogP contribution in [0.4, 0.5) is 0 Å². The third-order valence-electron chi connectivity index (χ3n) is 2.82. The fraction of sp³-hybridized carbons (Fsp3) is 0.900. The Morgan fingerprint density at radius 3 is 2.85 bits per heavy atom. The van der Waals surface area contributed by atoms with E-state index in [-0.39, 0.29) is 0 Å². The van der Waals surface area contributed by atoms with Gasteiger partial charge in [-0.05, 0) is 18.8 Å². The predicted octanol–water partition coefficient (Wildman–Crippen LogP) is 2.42. The third kappa shape index (κ3) is 2.46. The molecule has 1 rings (SSSR count). The predicted molar refractivity (Wildman–Crippen MR) is 58.0 cm³/mol. The fourth-order valence-corrected chi connectivity index (χ4v) is 2.90. The summed E-state index contributed by atoms with van der Waals surface area (Å²) in [6.45, 7) is 5.24. The Kier molecular flexibility index (Phi) is 4.23. The van der Waals surface area contributed by atoms with Crippen LogP contribution in [0.25, 0.3) is 0 Å². The zero-order valence-corrected chi connectivity index (χ0v) is 10.0. The SMILES string of the molecule is CCCC(=O)N1CCC(C)C1CBr. The van der Waals surface area contributed by atoms with Crippen molar-refractivity contribution in [2.45, 2.75) is 39.2 Å². The van der Waals surface area contributed by atoms with Gasteiger partial charge in [0.05, 0.1) is 0 Å². The summed E-state index contributed by atoms with van der Waals surface area (Å²) >= 11 is 3.48. The van der Waals surface area contributed by atoms with Crippen LogP contribution in [0.5, 0.6) is 0 Å². The van der Waals surface area contributed by atoms with E-state index in [0.717, 1.165) is 24.7 Å². The van der Waals surface area contributed by atoms with Crippen LogP contribution in [-0.2, 0) is 4.79 Å². The molecule has 3 heteroatoms. The molecule has 0 bridgehead atoms. The van der Waals surface area contributed by atoms with E-state index in [9.17, 15) is 4.79 Å². The van der Waals surface area contributed by atoms with E-state index < -0.39 is 0 Å². The quantitative estimate of drug-likeness (QED) is 0.702. The van der Waals surface area contributed by atoms with Crippen LogP contribution >= 0.6 is 15.9 Å². The lowest BCUT2D eigenvalue weighted by molar-refractivity contribution is -0.131. The molecule has 13 heavy (non-hydrogen) atoms. The maximum Gasteiger partial charge on any atom is 0.222 e. The smallest absolute Gasteiger partial charge is 0.222 e. The van der Waals surface area contributed by atoms with E-state index in [4.69, 9.17) is 0 Å². The van der Waals surface area contributed by atoms with Crippen molar-refractivity contribution in [1.82, 2.24) is 4.90 Å². The number of likely N-dealkylation sites (tertiary alicyclic amines) is 1. The highest BCUT2D eigenvalue weighted by atomic mass is 79.9. The van der Waals surface area contributed by atoms with E-state index in [1.165, 1.54) is 0 Å². The number of nitrogens with zero attached hydrogens (tertiary/aromatic N) is 1. The zero-order chi connectivity index (χ0) is 9.84. The molecule has 1 heterocycles. The highest BCUT2D eigenvalue weighted by Crippen LogP contribution is 2.25. The lowest BCUT2D eigenvalue weighted by atomic mass is 10.1. The summed E-state index contributed by atoms with van der Waals surface area (Å²) in [6.07, 6.45) is 2.82. The summed E-state index contributed by atoms with van der Waals surface area (Å²) in [5.41, 5.74) is 0. The van der Waals surface area contributed by atoms with Gasteiger partial charge in [0.15, 0.2) is 0 Å².